The number of carbonyl (C=O) groups is 1. The Kier molecular flexibility index (Phi) is 8.64. The first-order valence-electron chi connectivity index (χ1n) is 11.3. The summed E-state index contributed by atoms with van der Waals surface area (Å²) >= 11 is 0. The van der Waals surface area contributed by atoms with E-state index in [0.29, 0.717) is 17.4 Å². The highest BCUT2D eigenvalue weighted by Gasteiger charge is 2.38. The number of carbonyl (C=O) groups excluding carboxylic acids is 1. The summed E-state index contributed by atoms with van der Waals surface area (Å²) in [5.74, 6) is -1.83. The summed E-state index contributed by atoms with van der Waals surface area (Å²) < 4.78 is 71.5. The fraction of sp³-hybridized carbons (Fsp3) is 0.222. The maximum atomic E-state index is 13.3. The molecule has 1 unspecified atom stereocenters. The van der Waals surface area contributed by atoms with Crippen LogP contribution in [0.4, 0.5) is 18.9 Å². The second kappa shape index (κ2) is 11.6. The number of alkyl halides is 3. The van der Waals surface area contributed by atoms with Crippen molar-refractivity contribution in [1.29, 1.82) is 10.5 Å². The van der Waals surface area contributed by atoms with Crippen molar-refractivity contribution in [3.63, 3.8) is 0 Å². The van der Waals surface area contributed by atoms with Gasteiger partial charge in [-0.1, -0.05) is 30.3 Å². The molecule has 0 spiro atoms. The average Bonchev–Trinajstić information content (AvgIpc) is 2.87. The SMILES string of the molecule is CC(O)(CS(=O)(=O)c1ccccc1Cc1ccc(OCC#N)cc1)C(=O)Nc1ccc(C#N)c(C(F)(F)F)c1. The number of aliphatic hydroxyl groups is 1. The van der Waals surface area contributed by atoms with Crippen LogP contribution in [-0.4, -0.2) is 37.4 Å². The molecule has 0 fully saturated rings. The number of halogens is 3. The molecule has 39 heavy (non-hydrogen) atoms. The molecule has 8 nitrogen and oxygen atoms in total. The van der Waals surface area contributed by atoms with E-state index in [2.05, 4.69) is 5.32 Å². The van der Waals surface area contributed by atoms with Crippen molar-refractivity contribution >= 4 is 21.4 Å². The summed E-state index contributed by atoms with van der Waals surface area (Å²) in [6.07, 6.45) is -4.68. The lowest BCUT2D eigenvalue weighted by Gasteiger charge is -2.23. The van der Waals surface area contributed by atoms with E-state index >= 15 is 0 Å². The Morgan fingerprint density at radius 1 is 1.05 bits per heavy atom. The van der Waals surface area contributed by atoms with E-state index in [1.165, 1.54) is 18.2 Å². The molecule has 12 heteroatoms. The summed E-state index contributed by atoms with van der Waals surface area (Å²) in [7, 11) is -4.26. The van der Waals surface area contributed by atoms with Gasteiger partial charge < -0.3 is 15.2 Å². The van der Waals surface area contributed by atoms with Gasteiger partial charge in [0.05, 0.1) is 27.8 Å². The monoisotopic (exact) mass is 557 g/mol. The normalized spacial score (nSPS) is 13.0. The van der Waals surface area contributed by atoms with E-state index in [-0.39, 0.29) is 23.6 Å². The lowest BCUT2D eigenvalue weighted by molar-refractivity contribution is -0.137. The number of amides is 1. The Morgan fingerprint density at radius 2 is 1.72 bits per heavy atom. The van der Waals surface area contributed by atoms with Gasteiger partial charge in [-0.25, -0.2) is 8.42 Å². The van der Waals surface area contributed by atoms with Crippen molar-refractivity contribution in [2.45, 2.75) is 30.0 Å². The predicted octanol–water partition coefficient (Wildman–Crippen LogP) is 4.23. The highest BCUT2D eigenvalue weighted by molar-refractivity contribution is 7.91. The minimum atomic E-state index is -4.87. The third-order valence-corrected chi connectivity index (χ3v) is 7.60. The van der Waals surface area contributed by atoms with Gasteiger partial charge in [0, 0.05) is 5.69 Å². The molecule has 1 atom stereocenters. The number of hydrogen-bond acceptors (Lipinski definition) is 7. The predicted molar refractivity (Wildman–Crippen MR) is 134 cm³/mol. The van der Waals surface area contributed by atoms with Crippen molar-refractivity contribution in [2.24, 2.45) is 0 Å². The summed E-state index contributed by atoms with van der Waals surface area (Å²) in [5.41, 5.74) is -3.71. The maximum absolute atomic E-state index is 13.3. The topological polar surface area (TPSA) is 140 Å². The summed E-state index contributed by atoms with van der Waals surface area (Å²) in [5, 5.41) is 30.4. The van der Waals surface area contributed by atoms with Crippen LogP contribution in [0, 0.1) is 22.7 Å². The molecule has 0 aliphatic carbocycles. The van der Waals surface area contributed by atoms with Crippen molar-refractivity contribution in [2.75, 3.05) is 17.7 Å². The van der Waals surface area contributed by atoms with Gasteiger partial charge in [-0.3, -0.25) is 4.79 Å². The molecule has 0 radical (unpaired) electrons. The van der Waals surface area contributed by atoms with Crippen molar-refractivity contribution in [3.8, 4) is 17.9 Å². The van der Waals surface area contributed by atoms with Crippen LogP contribution in [0.5, 0.6) is 5.75 Å². The number of ether oxygens (including phenoxy) is 1. The molecular weight excluding hydrogens is 535 g/mol. The molecule has 0 aliphatic rings. The smallest absolute Gasteiger partial charge is 0.417 e. The van der Waals surface area contributed by atoms with Gasteiger partial charge in [-0.05, 0) is 60.9 Å². The third kappa shape index (κ3) is 7.35. The lowest BCUT2D eigenvalue weighted by Crippen LogP contribution is -2.46. The zero-order chi connectivity index (χ0) is 28.8. The first kappa shape index (κ1) is 29.2. The summed E-state index contributed by atoms with van der Waals surface area (Å²) in [6.45, 7) is 0.819. The quantitative estimate of drug-likeness (QED) is 0.401. The van der Waals surface area contributed by atoms with Gasteiger partial charge in [-0.15, -0.1) is 0 Å². The van der Waals surface area contributed by atoms with Crippen LogP contribution in [0.2, 0.25) is 0 Å². The minimum Gasteiger partial charge on any atom is -0.479 e. The molecule has 3 rings (SSSR count). The molecule has 3 aromatic rings. The Bertz CT molecular complexity index is 1560. The van der Waals surface area contributed by atoms with Gasteiger partial charge in [0.1, 0.15) is 11.8 Å². The summed E-state index contributed by atoms with van der Waals surface area (Å²) in [4.78, 5) is 12.6. The van der Waals surface area contributed by atoms with Crippen LogP contribution in [-0.2, 0) is 27.2 Å². The first-order chi connectivity index (χ1) is 18.3. The third-order valence-electron chi connectivity index (χ3n) is 5.59. The molecular formula is C27H22F3N3O5S. The molecule has 1 amide bonds. The molecule has 0 saturated heterocycles. The highest BCUT2D eigenvalue weighted by atomic mass is 32.2. The Labute approximate surface area is 222 Å². The fourth-order valence-electron chi connectivity index (χ4n) is 3.73. The lowest BCUT2D eigenvalue weighted by atomic mass is 10.0. The van der Waals surface area contributed by atoms with E-state index < -0.39 is 44.4 Å². The van der Waals surface area contributed by atoms with Crippen LogP contribution in [0.1, 0.15) is 29.2 Å². The molecule has 0 aromatic heterocycles. The zero-order valence-corrected chi connectivity index (χ0v) is 21.3. The van der Waals surface area contributed by atoms with E-state index in [9.17, 15) is 31.5 Å². The highest BCUT2D eigenvalue weighted by Crippen LogP contribution is 2.34. The number of nitrogens with zero attached hydrogens (tertiary/aromatic N) is 2. The van der Waals surface area contributed by atoms with Gasteiger partial charge in [0.25, 0.3) is 5.91 Å². The van der Waals surface area contributed by atoms with Gasteiger partial charge >= 0.3 is 6.18 Å². The van der Waals surface area contributed by atoms with Crippen molar-refractivity contribution < 1.29 is 36.2 Å². The first-order valence-corrected chi connectivity index (χ1v) is 13.0. The molecule has 0 aliphatic heterocycles. The minimum absolute atomic E-state index is 0.122. The Morgan fingerprint density at radius 3 is 2.33 bits per heavy atom. The zero-order valence-electron chi connectivity index (χ0n) is 20.5. The Hall–Kier alpha value is -4.39. The largest absolute Gasteiger partial charge is 0.479 e. The van der Waals surface area contributed by atoms with Crippen LogP contribution >= 0.6 is 0 Å². The van der Waals surface area contributed by atoms with Crippen LogP contribution in [0.25, 0.3) is 0 Å². The number of anilines is 1. The van der Waals surface area contributed by atoms with Crippen LogP contribution in [0.15, 0.2) is 71.6 Å². The fourth-order valence-corrected chi connectivity index (χ4v) is 5.58. The molecule has 0 saturated carbocycles. The number of hydrogen-bond donors (Lipinski definition) is 2. The molecule has 0 bridgehead atoms. The van der Waals surface area contributed by atoms with E-state index in [0.717, 1.165) is 24.6 Å². The molecule has 202 valence electrons. The molecule has 3 aromatic carbocycles. The van der Waals surface area contributed by atoms with Gasteiger partial charge in [-0.2, -0.15) is 23.7 Å². The standard InChI is InChI=1S/C27H22F3N3O5S/c1-26(35,25(34)33-21-9-8-20(16-32)23(15-21)27(28,29)30)17-39(36,37)24-5-3-2-4-19(24)14-18-6-10-22(11-7-18)38-13-12-31/h2-11,15,35H,13-14,17H2,1H3,(H,33,34). The second-order valence-corrected chi connectivity index (χ2v) is 10.7. The van der Waals surface area contributed by atoms with Crippen molar-refractivity contribution in [3.05, 3.63) is 89.0 Å². The van der Waals surface area contributed by atoms with E-state index in [1.54, 1.807) is 36.4 Å². The van der Waals surface area contributed by atoms with Gasteiger partial charge in [0.15, 0.2) is 22.0 Å². The van der Waals surface area contributed by atoms with Gasteiger partial charge in [0.2, 0.25) is 0 Å². The Balaban J connectivity index is 1.81. The number of benzene rings is 3. The maximum Gasteiger partial charge on any atom is 0.417 e. The second-order valence-electron chi connectivity index (χ2n) is 8.73. The number of rotatable bonds is 9. The van der Waals surface area contributed by atoms with E-state index in [1.807, 2.05) is 6.07 Å². The van der Waals surface area contributed by atoms with Crippen molar-refractivity contribution in [1.82, 2.24) is 0 Å². The number of sulfone groups is 1. The summed E-state index contributed by atoms with van der Waals surface area (Å²) in [6, 6.07) is 18.4. The average molecular weight is 558 g/mol. The van der Waals surface area contributed by atoms with E-state index in [4.69, 9.17) is 15.3 Å². The number of nitrogens with one attached hydrogen (secondary N) is 1. The van der Waals surface area contributed by atoms with Crippen LogP contribution < -0.4 is 10.1 Å². The molecule has 2 N–H and O–H groups in total. The molecule has 0 heterocycles. The number of nitriles is 2. The van der Waals surface area contributed by atoms with Crippen LogP contribution in [0.3, 0.4) is 0 Å².